The molecule has 0 spiro atoms. The van der Waals surface area contributed by atoms with Gasteiger partial charge in [0.15, 0.2) is 5.13 Å². The molecule has 0 aliphatic carbocycles. The molecular formula is C26H35ClN4O5S2. The van der Waals surface area contributed by atoms with E-state index in [0.29, 0.717) is 34.3 Å². The van der Waals surface area contributed by atoms with Crippen LogP contribution in [0, 0.1) is 0 Å². The van der Waals surface area contributed by atoms with Crippen LogP contribution in [0.15, 0.2) is 47.4 Å². The van der Waals surface area contributed by atoms with Gasteiger partial charge in [-0.15, -0.1) is 0 Å². The van der Waals surface area contributed by atoms with Gasteiger partial charge in [-0.1, -0.05) is 42.9 Å². The minimum atomic E-state index is -3.79. The first-order chi connectivity index (χ1) is 18.3. The lowest BCUT2D eigenvalue weighted by Gasteiger charge is -2.25. The van der Waals surface area contributed by atoms with E-state index >= 15 is 0 Å². The number of para-hydroxylation sites is 1. The first kappa shape index (κ1) is 30.4. The van der Waals surface area contributed by atoms with Crippen LogP contribution in [-0.2, 0) is 19.5 Å². The first-order valence-corrected chi connectivity index (χ1v) is 15.1. The molecule has 1 aromatic heterocycles. The third-order valence-corrected chi connectivity index (χ3v) is 9.46. The molecule has 9 nitrogen and oxygen atoms in total. The molecule has 0 atom stereocenters. The number of anilines is 1. The second-order valence-corrected chi connectivity index (χ2v) is 11.8. The maximum atomic E-state index is 13.7. The summed E-state index contributed by atoms with van der Waals surface area (Å²) in [5, 5.41) is 1.08. The van der Waals surface area contributed by atoms with E-state index in [4.69, 9.17) is 21.1 Å². The number of carbonyl (C=O) groups is 1. The number of benzene rings is 2. The van der Waals surface area contributed by atoms with E-state index in [1.807, 2.05) is 12.1 Å². The molecule has 1 heterocycles. The van der Waals surface area contributed by atoms with Crippen LogP contribution in [-0.4, -0.2) is 95.2 Å². The minimum Gasteiger partial charge on any atom is -0.383 e. The second-order valence-electron chi connectivity index (χ2n) is 8.48. The van der Waals surface area contributed by atoms with Crippen LogP contribution in [0.3, 0.4) is 0 Å². The summed E-state index contributed by atoms with van der Waals surface area (Å²) in [4.78, 5) is 22.4. The molecule has 1 amide bonds. The monoisotopic (exact) mass is 582 g/mol. The van der Waals surface area contributed by atoms with Gasteiger partial charge in [0.2, 0.25) is 10.0 Å². The van der Waals surface area contributed by atoms with Crippen LogP contribution < -0.4 is 4.90 Å². The number of rotatable bonds is 15. The van der Waals surface area contributed by atoms with E-state index in [1.165, 1.54) is 42.0 Å². The number of likely N-dealkylation sites (N-methyl/N-ethyl adjacent to an activating group) is 1. The highest BCUT2D eigenvalue weighted by molar-refractivity contribution is 7.89. The molecule has 12 heteroatoms. The molecule has 0 saturated heterocycles. The standard InChI is InChI=1S/C26H35ClN4O5S2/c1-5-29(6-2)14-15-31(26-28-24-22(27)8-7-9-23(24)37-26)25(32)20-10-12-21(13-11-20)38(33,34)30(16-18-35-3)17-19-36-4/h7-13H,5-6,14-19H2,1-4H3. The summed E-state index contributed by atoms with van der Waals surface area (Å²) < 4.78 is 38.9. The maximum Gasteiger partial charge on any atom is 0.260 e. The van der Waals surface area contributed by atoms with Gasteiger partial charge in [0.25, 0.3) is 5.91 Å². The highest BCUT2D eigenvalue weighted by atomic mass is 35.5. The molecule has 208 valence electrons. The summed E-state index contributed by atoms with van der Waals surface area (Å²) in [6.45, 7) is 7.88. The Labute approximate surface area is 234 Å². The van der Waals surface area contributed by atoms with E-state index < -0.39 is 10.0 Å². The average molecular weight is 583 g/mol. The molecular weight excluding hydrogens is 548 g/mol. The summed E-state index contributed by atoms with van der Waals surface area (Å²) in [6.07, 6.45) is 0. The van der Waals surface area contributed by atoms with Crippen molar-refractivity contribution in [3.8, 4) is 0 Å². The van der Waals surface area contributed by atoms with Crippen LogP contribution in [0.5, 0.6) is 0 Å². The molecule has 38 heavy (non-hydrogen) atoms. The second kappa shape index (κ2) is 14.3. The van der Waals surface area contributed by atoms with Crippen molar-refractivity contribution in [1.29, 1.82) is 0 Å². The van der Waals surface area contributed by atoms with Gasteiger partial charge in [-0.25, -0.2) is 13.4 Å². The van der Waals surface area contributed by atoms with Crippen LogP contribution in [0.2, 0.25) is 5.02 Å². The number of hydrogen-bond donors (Lipinski definition) is 0. The van der Waals surface area contributed by atoms with Gasteiger partial charge >= 0.3 is 0 Å². The number of aromatic nitrogens is 1. The fraction of sp³-hybridized carbons (Fsp3) is 0.462. The lowest BCUT2D eigenvalue weighted by atomic mass is 10.2. The largest absolute Gasteiger partial charge is 0.383 e. The van der Waals surface area contributed by atoms with Crippen molar-refractivity contribution >= 4 is 54.2 Å². The fourth-order valence-corrected chi connectivity index (χ4v) is 6.59. The average Bonchev–Trinajstić information content (AvgIpc) is 3.36. The maximum absolute atomic E-state index is 13.7. The number of halogens is 1. The quantitative estimate of drug-likeness (QED) is 0.265. The Hall–Kier alpha value is -2.12. The molecule has 0 radical (unpaired) electrons. The van der Waals surface area contributed by atoms with Gasteiger partial charge in [0.05, 0.1) is 27.8 Å². The number of carbonyl (C=O) groups excluding carboxylic acids is 1. The Morgan fingerprint density at radius 2 is 1.58 bits per heavy atom. The van der Waals surface area contributed by atoms with Crippen LogP contribution in [0.4, 0.5) is 5.13 Å². The van der Waals surface area contributed by atoms with Crippen molar-refractivity contribution in [2.24, 2.45) is 0 Å². The van der Waals surface area contributed by atoms with Crippen molar-refractivity contribution < 1.29 is 22.7 Å². The van der Waals surface area contributed by atoms with Gasteiger partial charge in [0.1, 0.15) is 5.52 Å². The molecule has 0 bridgehead atoms. The van der Waals surface area contributed by atoms with Gasteiger partial charge in [-0.05, 0) is 49.5 Å². The highest BCUT2D eigenvalue weighted by Crippen LogP contribution is 2.33. The lowest BCUT2D eigenvalue weighted by Crippen LogP contribution is -2.39. The number of hydrogen-bond acceptors (Lipinski definition) is 8. The Balaban J connectivity index is 1.91. The Morgan fingerprint density at radius 1 is 0.947 bits per heavy atom. The summed E-state index contributed by atoms with van der Waals surface area (Å²) in [6, 6.07) is 11.6. The van der Waals surface area contributed by atoms with E-state index in [2.05, 4.69) is 23.7 Å². The number of thiazole rings is 1. The van der Waals surface area contributed by atoms with Gasteiger partial charge in [0, 0.05) is 46.0 Å². The summed E-state index contributed by atoms with van der Waals surface area (Å²) >= 11 is 7.75. The SMILES string of the molecule is CCN(CC)CCN(C(=O)c1ccc(S(=O)(=O)N(CCOC)CCOC)cc1)c1nc2c(Cl)cccc2s1. The van der Waals surface area contributed by atoms with Crippen molar-refractivity contribution in [3.63, 3.8) is 0 Å². The molecule has 3 aromatic rings. The van der Waals surface area contributed by atoms with Crippen molar-refractivity contribution in [1.82, 2.24) is 14.2 Å². The van der Waals surface area contributed by atoms with E-state index in [0.717, 1.165) is 17.8 Å². The van der Waals surface area contributed by atoms with E-state index in [-0.39, 0.29) is 37.1 Å². The zero-order valence-electron chi connectivity index (χ0n) is 22.2. The summed E-state index contributed by atoms with van der Waals surface area (Å²) in [5.41, 5.74) is 1.03. The molecule has 0 aliphatic heterocycles. The molecule has 0 fully saturated rings. The van der Waals surface area contributed by atoms with Crippen molar-refractivity contribution in [2.75, 3.05) is 71.6 Å². The molecule has 3 rings (SSSR count). The van der Waals surface area contributed by atoms with Crippen LogP contribution in [0.25, 0.3) is 10.2 Å². The lowest BCUT2D eigenvalue weighted by molar-refractivity contribution is 0.0983. The van der Waals surface area contributed by atoms with Gasteiger partial charge < -0.3 is 14.4 Å². The number of sulfonamides is 1. The number of methoxy groups -OCH3 is 2. The third kappa shape index (κ3) is 7.29. The van der Waals surface area contributed by atoms with Crippen LogP contribution in [0.1, 0.15) is 24.2 Å². The molecule has 0 N–H and O–H groups in total. The predicted octanol–water partition coefficient (Wildman–Crippen LogP) is 4.22. The Morgan fingerprint density at radius 3 is 2.13 bits per heavy atom. The number of amides is 1. The summed E-state index contributed by atoms with van der Waals surface area (Å²) in [7, 11) is -0.752. The highest BCUT2D eigenvalue weighted by Gasteiger charge is 2.26. The molecule has 0 aliphatic rings. The normalized spacial score (nSPS) is 12.1. The zero-order chi connectivity index (χ0) is 27.7. The number of nitrogens with zero attached hydrogens (tertiary/aromatic N) is 4. The fourth-order valence-electron chi connectivity index (χ4n) is 3.90. The molecule has 2 aromatic carbocycles. The Kier molecular flexibility index (Phi) is 11.5. The number of fused-ring (bicyclic) bond motifs is 1. The first-order valence-electron chi connectivity index (χ1n) is 12.4. The van der Waals surface area contributed by atoms with Gasteiger partial charge in [-0.2, -0.15) is 4.31 Å². The Bertz CT molecular complexity index is 1290. The zero-order valence-corrected chi connectivity index (χ0v) is 24.6. The molecule has 0 saturated carbocycles. The minimum absolute atomic E-state index is 0.0997. The van der Waals surface area contributed by atoms with Crippen molar-refractivity contribution in [3.05, 3.63) is 53.1 Å². The van der Waals surface area contributed by atoms with E-state index in [1.54, 1.807) is 23.1 Å². The van der Waals surface area contributed by atoms with Crippen molar-refractivity contribution in [2.45, 2.75) is 18.7 Å². The van der Waals surface area contributed by atoms with Gasteiger partial charge in [-0.3, -0.25) is 9.69 Å². The summed E-state index contributed by atoms with van der Waals surface area (Å²) in [5.74, 6) is -0.257. The van der Waals surface area contributed by atoms with E-state index in [9.17, 15) is 13.2 Å². The van der Waals surface area contributed by atoms with Crippen LogP contribution >= 0.6 is 22.9 Å². The third-order valence-electron chi connectivity index (χ3n) is 6.20. The topological polar surface area (TPSA) is 92.3 Å². The number of ether oxygens (including phenoxy) is 2. The smallest absolute Gasteiger partial charge is 0.260 e. The predicted molar refractivity (Wildman–Crippen MR) is 153 cm³/mol. The molecule has 0 unspecified atom stereocenters.